The lowest BCUT2D eigenvalue weighted by molar-refractivity contribution is 0.158. The molecule has 0 amide bonds. The van der Waals surface area contributed by atoms with Crippen molar-refractivity contribution in [1.29, 1.82) is 0 Å². The van der Waals surface area contributed by atoms with Gasteiger partial charge in [-0.2, -0.15) is 0 Å². The zero-order valence-corrected chi connectivity index (χ0v) is 12.3. The Balaban J connectivity index is 2.92. The highest BCUT2D eigenvalue weighted by Gasteiger charge is 2.29. The van der Waals surface area contributed by atoms with E-state index in [1.165, 1.54) is 0 Å². The van der Waals surface area contributed by atoms with Gasteiger partial charge in [-0.3, -0.25) is 0 Å². The molecule has 17 heavy (non-hydrogen) atoms. The Hall–Kier alpha value is -0.280. The van der Waals surface area contributed by atoms with Crippen LogP contribution in [0.5, 0.6) is 0 Å². The number of benzene rings is 1. The van der Waals surface area contributed by atoms with Crippen molar-refractivity contribution in [3.05, 3.63) is 33.8 Å². The van der Waals surface area contributed by atoms with E-state index in [-0.39, 0.29) is 11.6 Å². The van der Waals surface area contributed by atoms with Gasteiger partial charge in [0.15, 0.2) is 0 Å². The molecule has 0 spiro atoms. The van der Waals surface area contributed by atoms with Crippen LogP contribution in [0.25, 0.3) is 0 Å². The lowest BCUT2D eigenvalue weighted by atomic mass is 9.89. The molecule has 0 aromatic heterocycles. The van der Waals surface area contributed by atoms with Gasteiger partial charge in [-0.15, -0.1) is 0 Å². The predicted molar refractivity (Wildman–Crippen MR) is 75.9 cm³/mol. The van der Waals surface area contributed by atoms with Crippen molar-refractivity contribution in [1.82, 2.24) is 4.90 Å². The first-order valence-corrected chi connectivity index (χ1v) is 6.38. The van der Waals surface area contributed by atoms with Gasteiger partial charge in [-0.25, -0.2) is 0 Å². The van der Waals surface area contributed by atoms with Crippen LogP contribution in [0.15, 0.2) is 18.2 Å². The molecule has 0 heterocycles. The normalized spacial score (nSPS) is 14.1. The second-order valence-electron chi connectivity index (χ2n) is 5.06. The van der Waals surface area contributed by atoms with Crippen LogP contribution in [0.3, 0.4) is 0 Å². The van der Waals surface area contributed by atoms with Crippen molar-refractivity contribution >= 4 is 23.2 Å². The van der Waals surface area contributed by atoms with Crippen molar-refractivity contribution in [3.8, 4) is 0 Å². The number of rotatable bonds is 4. The summed E-state index contributed by atoms with van der Waals surface area (Å²) < 4.78 is 0. The van der Waals surface area contributed by atoms with Gasteiger partial charge in [0.25, 0.3) is 0 Å². The smallest absolute Gasteiger partial charge is 0.0453 e. The summed E-state index contributed by atoms with van der Waals surface area (Å²) in [7, 11) is 4.04. The number of hydrogen-bond donors (Lipinski definition) is 1. The van der Waals surface area contributed by atoms with Gasteiger partial charge in [0, 0.05) is 21.6 Å². The highest BCUT2D eigenvalue weighted by Crippen LogP contribution is 2.28. The molecule has 0 saturated heterocycles. The minimum atomic E-state index is -0.109. The number of halogens is 2. The monoisotopic (exact) mass is 274 g/mol. The Kier molecular flexibility index (Phi) is 4.85. The molecule has 1 aromatic rings. The quantitative estimate of drug-likeness (QED) is 0.914. The average Bonchev–Trinajstić information content (AvgIpc) is 2.23. The van der Waals surface area contributed by atoms with Gasteiger partial charge in [-0.1, -0.05) is 29.3 Å². The molecule has 0 fully saturated rings. The van der Waals surface area contributed by atoms with E-state index < -0.39 is 0 Å². The van der Waals surface area contributed by atoms with Crippen molar-refractivity contribution < 1.29 is 0 Å². The summed E-state index contributed by atoms with van der Waals surface area (Å²) in [4.78, 5) is 2.11. The van der Waals surface area contributed by atoms with E-state index in [0.717, 1.165) is 5.56 Å². The van der Waals surface area contributed by atoms with Crippen molar-refractivity contribution in [2.24, 2.45) is 5.73 Å². The Bertz CT molecular complexity index is 369. The van der Waals surface area contributed by atoms with Crippen LogP contribution in [0.1, 0.15) is 19.4 Å². The fraction of sp³-hybridized carbons (Fsp3) is 0.538. The first-order valence-electron chi connectivity index (χ1n) is 5.62. The van der Waals surface area contributed by atoms with Crippen molar-refractivity contribution in [3.63, 3.8) is 0 Å². The molecule has 0 radical (unpaired) electrons. The van der Waals surface area contributed by atoms with Gasteiger partial charge in [-0.05, 0) is 52.1 Å². The highest BCUT2D eigenvalue weighted by molar-refractivity contribution is 6.36. The summed E-state index contributed by atoms with van der Waals surface area (Å²) in [5, 5.41) is 1.37. The third kappa shape index (κ3) is 3.35. The molecule has 1 unspecified atom stereocenters. The lowest BCUT2D eigenvalue weighted by Gasteiger charge is -2.38. The molecule has 96 valence electrons. The van der Waals surface area contributed by atoms with Crippen LogP contribution < -0.4 is 5.73 Å². The van der Waals surface area contributed by atoms with Gasteiger partial charge in [0.2, 0.25) is 0 Å². The Morgan fingerprint density at radius 2 is 1.71 bits per heavy atom. The van der Waals surface area contributed by atoms with Gasteiger partial charge in [0.05, 0.1) is 0 Å². The lowest BCUT2D eigenvalue weighted by Crippen LogP contribution is -2.54. The van der Waals surface area contributed by atoms with E-state index in [2.05, 4.69) is 18.7 Å². The minimum Gasteiger partial charge on any atom is -0.326 e. The second-order valence-corrected chi connectivity index (χ2v) is 5.87. The van der Waals surface area contributed by atoms with E-state index in [1.54, 1.807) is 0 Å². The summed E-state index contributed by atoms with van der Waals surface area (Å²) in [6.45, 7) is 4.23. The third-order valence-corrected chi connectivity index (χ3v) is 4.25. The van der Waals surface area contributed by atoms with E-state index >= 15 is 0 Å². The van der Waals surface area contributed by atoms with Crippen molar-refractivity contribution in [2.45, 2.75) is 31.8 Å². The standard InChI is InChI=1S/C13H20Cl2N2/c1-13(2,17(3)4)12(16)8-9-10(14)6-5-7-11(9)15/h5-7,12H,8,16H2,1-4H3. The largest absolute Gasteiger partial charge is 0.326 e. The second kappa shape index (κ2) is 5.57. The molecule has 0 aliphatic carbocycles. The summed E-state index contributed by atoms with van der Waals surface area (Å²) in [5.74, 6) is 0. The van der Waals surface area contributed by atoms with Crippen LogP contribution in [0.2, 0.25) is 10.0 Å². The fourth-order valence-corrected chi connectivity index (χ4v) is 2.08. The molecule has 1 rings (SSSR count). The van der Waals surface area contributed by atoms with E-state index in [9.17, 15) is 0 Å². The summed E-state index contributed by atoms with van der Waals surface area (Å²) in [6, 6.07) is 5.50. The molecular formula is C13H20Cl2N2. The molecule has 0 bridgehead atoms. The highest BCUT2D eigenvalue weighted by atomic mass is 35.5. The zero-order chi connectivity index (χ0) is 13.2. The first-order chi connectivity index (χ1) is 7.76. The van der Waals surface area contributed by atoms with E-state index in [1.807, 2.05) is 32.3 Å². The minimum absolute atomic E-state index is 0.0325. The first kappa shape index (κ1) is 14.8. The van der Waals surface area contributed by atoms with Crippen molar-refractivity contribution in [2.75, 3.05) is 14.1 Å². The van der Waals surface area contributed by atoms with E-state index in [4.69, 9.17) is 28.9 Å². The number of nitrogens with two attached hydrogens (primary N) is 1. The Morgan fingerprint density at radius 1 is 1.24 bits per heavy atom. The molecule has 2 N–H and O–H groups in total. The molecule has 2 nitrogen and oxygen atoms in total. The van der Waals surface area contributed by atoms with Gasteiger partial charge in [0.1, 0.15) is 0 Å². The van der Waals surface area contributed by atoms with Crippen LogP contribution >= 0.6 is 23.2 Å². The summed E-state index contributed by atoms with van der Waals surface area (Å²) in [5.41, 5.74) is 7.08. The Labute approximate surface area is 114 Å². The molecule has 0 aliphatic heterocycles. The zero-order valence-electron chi connectivity index (χ0n) is 10.8. The Morgan fingerprint density at radius 3 is 2.12 bits per heavy atom. The van der Waals surface area contributed by atoms with E-state index in [0.29, 0.717) is 16.5 Å². The SMILES string of the molecule is CN(C)C(C)(C)C(N)Cc1c(Cl)cccc1Cl. The van der Waals surface area contributed by atoms with Crippen LogP contribution in [0.4, 0.5) is 0 Å². The molecular weight excluding hydrogens is 255 g/mol. The van der Waals surface area contributed by atoms with Gasteiger partial charge >= 0.3 is 0 Å². The fourth-order valence-electron chi connectivity index (χ4n) is 1.53. The number of nitrogens with zero attached hydrogens (tertiary/aromatic N) is 1. The molecule has 4 heteroatoms. The van der Waals surface area contributed by atoms with Gasteiger partial charge < -0.3 is 10.6 Å². The molecule has 1 atom stereocenters. The molecule has 0 saturated carbocycles. The number of hydrogen-bond acceptors (Lipinski definition) is 2. The number of likely N-dealkylation sites (N-methyl/N-ethyl adjacent to an activating group) is 1. The van der Waals surface area contributed by atoms with Crippen LogP contribution in [0, 0.1) is 0 Å². The molecule has 0 aliphatic rings. The maximum atomic E-state index is 6.26. The van der Waals surface area contributed by atoms with Crippen LogP contribution in [-0.2, 0) is 6.42 Å². The molecule has 1 aromatic carbocycles. The topological polar surface area (TPSA) is 29.3 Å². The maximum absolute atomic E-state index is 6.26. The van der Waals surface area contributed by atoms with Crippen LogP contribution in [-0.4, -0.2) is 30.6 Å². The summed E-state index contributed by atoms with van der Waals surface area (Å²) in [6.07, 6.45) is 0.670. The maximum Gasteiger partial charge on any atom is 0.0453 e. The average molecular weight is 275 g/mol. The third-order valence-electron chi connectivity index (χ3n) is 3.55. The summed E-state index contributed by atoms with van der Waals surface area (Å²) >= 11 is 12.3. The predicted octanol–water partition coefficient (Wildman–Crippen LogP) is 3.20.